The fourth-order valence-electron chi connectivity index (χ4n) is 4.05. The fourth-order valence-corrected chi connectivity index (χ4v) is 4.30. The number of alkyl halides is 9. The average molecular weight is 644 g/mol. The molecule has 3 rings (SSSR count). The maximum atomic E-state index is 14.6. The molecule has 0 aliphatic rings. The number of hydrogen-bond donors (Lipinski definition) is 1. The lowest BCUT2D eigenvalue weighted by atomic mass is 9.93. The van der Waals surface area contributed by atoms with Gasteiger partial charge in [0.2, 0.25) is 0 Å². The average Bonchev–Trinajstić information content (AvgIpc) is 2.92. The molecule has 1 amide bonds. The Bertz CT molecular complexity index is 1500. The van der Waals surface area contributed by atoms with E-state index in [1.165, 1.54) is 25.3 Å². The molecular formula is C27H19ClF9NO5. The number of anilines is 1. The van der Waals surface area contributed by atoms with E-state index >= 15 is 0 Å². The number of benzene rings is 3. The molecule has 0 bridgehead atoms. The molecule has 3 aromatic rings. The third kappa shape index (κ3) is 6.76. The second kappa shape index (κ2) is 12.6. The lowest BCUT2D eigenvalue weighted by Gasteiger charge is -2.31. The Balaban J connectivity index is 2.05. The number of hydrogen-bond acceptors (Lipinski definition) is 5. The van der Waals surface area contributed by atoms with Crippen LogP contribution in [0.15, 0.2) is 54.6 Å². The van der Waals surface area contributed by atoms with Gasteiger partial charge in [0.05, 0.1) is 30.4 Å². The predicted molar refractivity (Wildman–Crippen MR) is 135 cm³/mol. The summed E-state index contributed by atoms with van der Waals surface area (Å²) in [5, 5.41) is 0.767. The first kappa shape index (κ1) is 33.4. The summed E-state index contributed by atoms with van der Waals surface area (Å²) in [7, 11) is 2.48. The van der Waals surface area contributed by atoms with Gasteiger partial charge in [0.25, 0.3) is 5.91 Å². The van der Waals surface area contributed by atoms with Crippen LogP contribution >= 0.6 is 11.6 Å². The zero-order valence-electron chi connectivity index (χ0n) is 21.8. The number of amides is 1. The van der Waals surface area contributed by atoms with Gasteiger partial charge < -0.3 is 19.5 Å². The van der Waals surface area contributed by atoms with Gasteiger partial charge >= 0.3 is 24.6 Å². The van der Waals surface area contributed by atoms with Crippen molar-refractivity contribution in [2.45, 2.75) is 31.1 Å². The summed E-state index contributed by atoms with van der Waals surface area (Å²) in [4.78, 5) is 26.1. The lowest BCUT2D eigenvalue weighted by Crippen LogP contribution is -2.50. The van der Waals surface area contributed by atoms with Crippen molar-refractivity contribution in [1.82, 2.24) is 0 Å². The van der Waals surface area contributed by atoms with Crippen molar-refractivity contribution in [3.63, 3.8) is 0 Å². The van der Waals surface area contributed by atoms with Gasteiger partial charge in [0, 0.05) is 17.5 Å². The van der Waals surface area contributed by atoms with Gasteiger partial charge in [-0.25, -0.2) is 4.39 Å². The van der Waals surface area contributed by atoms with E-state index in [1.807, 2.05) is 5.32 Å². The van der Waals surface area contributed by atoms with Crippen LogP contribution in [-0.4, -0.2) is 44.9 Å². The van der Waals surface area contributed by atoms with Crippen LogP contribution in [0.5, 0.6) is 17.2 Å². The molecular weight excluding hydrogens is 625 g/mol. The van der Waals surface area contributed by atoms with Crippen LogP contribution in [0.2, 0.25) is 5.02 Å². The summed E-state index contributed by atoms with van der Waals surface area (Å²) in [6.07, 6.45) is -13.5. The summed E-state index contributed by atoms with van der Waals surface area (Å²) in [6.45, 7) is -3.84. The van der Waals surface area contributed by atoms with Crippen LogP contribution in [0, 0.1) is 0 Å². The van der Waals surface area contributed by atoms with Crippen molar-refractivity contribution in [3.05, 3.63) is 81.9 Å². The SMILES string of the molecule is COc1ccccc1C(=O)Cc1cccc(C(=O)Nc2c(Cl)cc(C(F)(C(F)(F)F)C(F)(F)F)cc2OC(F)F)c1OC. The molecule has 0 heterocycles. The molecule has 6 nitrogen and oxygen atoms in total. The lowest BCUT2D eigenvalue weighted by molar-refractivity contribution is -0.348. The molecule has 0 aliphatic heterocycles. The molecule has 0 saturated heterocycles. The van der Waals surface area contributed by atoms with Crippen LogP contribution in [-0.2, 0) is 12.1 Å². The highest BCUT2D eigenvalue weighted by Gasteiger charge is 2.73. The Morgan fingerprint density at radius 1 is 0.837 bits per heavy atom. The van der Waals surface area contributed by atoms with E-state index < -0.39 is 58.3 Å². The van der Waals surface area contributed by atoms with Crippen molar-refractivity contribution in [2.24, 2.45) is 0 Å². The van der Waals surface area contributed by atoms with Crippen LogP contribution in [0.4, 0.5) is 45.2 Å². The summed E-state index contributed by atoms with van der Waals surface area (Å²) in [5.74, 6) is -3.09. The highest BCUT2D eigenvalue weighted by atomic mass is 35.5. The molecule has 43 heavy (non-hydrogen) atoms. The number of halogens is 10. The van der Waals surface area contributed by atoms with Gasteiger partial charge in [-0.3, -0.25) is 9.59 Å². The molecule has 0 unspecified atom stereocenters. The normalized spacial score (nSPS) is 12.2. The first-order chi connectivity index (χ1) is 20.0. The summed E-state index contributed by atoms with van der Waals surface area (Å²) in [6, 6.07) is 9.71. The maximum absolute atomic E-state index is 14.6. The molecule has 3 aromatic carbocycles. The van der Waals surface area contributed by atoms with Crippen molar-refractivity contribution in [2.75, 3.05) is 19.5 Å². The number of carbonyl (C=O) groups is 2. The Kier molecular flexibility index (Phi) is 9.79. The van der Waals surface area contributed by atoms with Gasteiger partial charge in [-0.05, 0) is 30.3 Å². The second-order valence-corrected chi connectivity index (χ2v) is 9.02. The van der Waals surface area contributed by atoms with Gasteiger partial charge in [-0.15, -0.1) is 0 Å². The predicted octanol–water partition coefficient (Wildman–Crippen LogP) is 7.93. The molecule has 0 aliphatic carbocycles. The molecule has 0 spiro atoms. The maximum Gasteiger partial charge on any atom is 0.435 e. The van der Waals surface area contributed by atoms with Gasteiger partial charge in [0.15, 0.2) is 11.5 Å². The van der Waals surface area contributed by atoms with E-state index in [0.717, 1.165) is 13.2 Å². The summed E-state index contributed by atoms with van der Waals surface area (Å²) in [5.41, 5.74) is -9.24. The zero-order chi connectivity index (χ0) is 32.3. The quantitative estimate of drug-likeness (QED) is 0.180. The summed E-state index contributed by atoms with van der Waals surface area (Å²) >= 11 is 5.80. The Hall–Kier alpha value is -4.14. The number of para-hydroxylation sites is 2. The van der Waals surface area contributed by atoms with Crippen LogP contribution in [0.3, 0.4) is 0 Å². The molecule has 0 saturated carbocycles. The number of nitrogens with one attached hydrogen (secondary N) is 1. The second-order valence-electron chi connectivity index (χ2n) is 8.62. The number of carbonyl (C=O) groups excluding carboxylic acids is 2. The first-order valence-electron chi connectivity index (χ1n) is 11.7. The van der Waals surface area contributed by atoms with Crippen LogP contribution < -0.4 is 19.5 Å². The smallest absolute Gasteiger partial charge is 0.435 e. The Labute approximate surface area is 242 Å². The fraction of sp³-hybridized carbons (Fsp3) is 0.259. The number of rotatable bonds is 10. The zero-order valence-corrected chi connectivity index (χ0v) is 22.6. The third-order valence-electron chi connectivity index (χ3n) is 5.99. The van der Waals surface area contributed by atoms with Crippen molar-refractivity contribution in [3.8, 4) is 17.2 Å². The van der Waals surface area contributed by atoms with Crippen molar-refractivity contribution < 1.29 is 63.3 Å². The van der Waals surface area contributed by atoms with Gasteiger partial charge in [0.1, 0.15) is 17.2 Å². The van der Waals surface area contributed by atoms with Crippen LogP contribution in [0.1, 0.15) is 31.8 Å². The molecule has 232 valence electrons. The number of Topliss-reactive ketones (excluding diaryl/α,β-unsaturated/α-hetero) is 1. The molecule has 16 heteroatoms. The van der Waals surface area contributed by atoms with Crippen molar-refractivity contribution in [1.29, 1.82) is 0 Å². The monoisotopic (exact) mass is 643 g/mol. The minimum Gasteiger partial charge on any atom is -0.496 e. The number of methoxy groups -OCH3 is 2. The molecule has 1 N–H and O–H groups in total. The first-order valence-corrected chi connectivity index (χ1v) is 12.1. The molecule has 0 radical (unpaired) electrons. The molecule has 0 aromatic heterocycles. The minimum atomic E-state index is -6.59. The van der Waals surface area contributed by atoms with Gasteiger partial charge in [-0.1, -0.05) is 35.9 Å². The van der Waals surface area contributed by atoms with E-state index in [1.54, 1.807) is 18.2 Å². The third-order valence-corrected chi connectivity index (χ3v) is 6.29. The van der Waals surface area contributed by atoms with Crippen LogP contribution in [0.25, 0.3) is 0 Å². The van der Waals surface area contributed by atoms with Crippen molar-refractivity contribution >= 4 is 29.0 Å². The van der Waals surface area contributed by atoms with E-state index in [2.05, 4.69) is 4.74 Å². The molecule has 0 fully saturated rings. The Morgan fingerprint density at radius 2 is 1.44 bits per heavy atom. The highest BCUT2D eigenvalue weighted by Crippen LogP contribution is 2.55. The highest BCUT2D eigenvalue weighted by molar-refractivity contribution is 6.34. The number of ketones is 1. The van der Waals surface area contributed by atoms with E-state index in [0.29, 0.717) is 0 Å². The number of ether oxygens (including phenoxy) is 3. The largest absolute Gasteiger partial charge is 0.496 e. The van der Waals surface area contributed by atoms with E-state index in [4.69, 9.17) is 21.1 Å². The topological polar surface area (TPSA) is 73.9 Å². The van der Waals surface area contributed by atoms with Gasteiger partial charge in [-0.2, -0.15) is 35.1 Å². The van der Waals surface area contributed by atoms with E-state index in [-0.39, 0.29) is 46.7 Å². The minimum absolute atomic E-state index is 0.129. The standard InChI is InChI=1S/C27H19ClF9NO5/c1-41-19-9-4-3-7-15(19)18(39)10-13-6-5-8-16(22(13)42-2)23(40)38-21-17(28)11-14(12-20(21)43-24(29)30)25(31,26(32,33)34)27(35,36)37/h3-9,11-12,24H,10H2,1-2H3,(H,38,40). The van der Waals surface area contributed by atoms with E-state index in [9.17, 15) is 49.1 Å². The Morgan fingerprint density at radius 3 is 2.00 bits per heavy atom. The molecule has 0 atom stereocenters. The summed E-state index contributed by atoms with van der Waals surface area (Å²) < 4.78 is 135.